The fourth-order valence-electron chi connectivity index (χ4n) is 2.36. The Labute approximate surface area is 137 Å². The number of halogens is 2. The van der Waals surface area contributed by atoms with E-state index in [1.54, 1.807) is 13.1 Å². The van der Waals surface area contributed by atoms with E-state index in [0.29, 0.717) is 5.69 Å². The Morgan fingerprint density at radius 2 is 1.90 bits per heavy atom. The van der Waals surface area contributed by atoms with Crippen LogP contribution in [0, 0.1) is 5.82 Å². The van der Waals surface area contributed by atoms with Crippen LogP contribution >= 0.6 is 24.0 Å². The standard InChI is InChI=1S/C14H21FN4.HI/c1-3-17-14(16-2)19-10-8-18(9-11-19)13-7-5-4-6-12(13)15;/h4-7H,3,8-11H2,1-2H3,(H,16,17);1H. The highest BCUT2D eigenvalue weighted by Crippen LogP contribution is 2.20. The summed E-state index contributed by atoms with van der Waals surface area (Å²) in [6.45, 7) is 6.25. The van der Waals surface area contributed by atoms with Crippen molar-refractivity contribution in [3.8, 4) is 0 Å². The summed E-state index contributed by atoms with van der Waals surface area (Å²) >= 11 is 0. The first-order valence-corrected chi connectivity index (χ1v) is 6.71. The van der Waals surface area contributed by atoms with Gasteiger partial charge in [-0.25, -0.2) is 4.39 Å². The molecule has 0 atom stereocenters. The Hall–Kier alpha value is -1.05. The third-order valence-electron chi connectivity index (χ3n) is 3.32. The average molecular weight is 392 g/mol. The molecule has 112 valence electrons. The van der Waals surface area contributed by atoms with Crippen molar-refractivity contribution in [2.75, 3.05) is 44.7 Å². The predicted octanol–water partition coefficient (Wildman–Crippen LogP) is 2.16. The third kappa shape index (κ3) is 3.97. The number of benzene rings is 1. The Morgan fingerprint density at radius 3 is 2.45 bits per heavy atom. The van der Waals surface area contributed by atoms with E-state index in [4.69, 9.17) is 0 Å². The van der Waals surface area contributed by atoms with Crippen molar-refractivity contribution in [3.63, 3.8) is 0 Å². The Balaban J connectivity index is 0.00000200. The number of guanidine groups is 1. The molecule has 1 saturated heterocycles. The molecule has 0 aliphatic carbocycles. The molecule has 0 unspecified atom stereocenters. The van der Waals surface area contributed by atoms with Crippen LogP contribution in [0.25, 0.3) is 0 Å². The van der Waals surface area contributed by atoms with Gasteiger partial charge in [0.2, 0.25) is 0 Å². The molecule has 0 radical (unpaired) electrons. The van der Waals surface area contributed by atoms with Crippen LogP contribution in [0.2, 0.25) is 0 Å². The number of nitrogens with one attached hydrogen (secondary N) is 1. The van der Waals surface area contributed by atoms with Crippen molar-refractivity contribution in [2.45, 2.75) is 6.92 Å². The zero-order valence-corrected chi connectivity index (χ0v) is 14.3. The molecular weight excluding hydrogens is 370 g/mol. The molecule has 6 heteroatoms. The van der Waals surface area contributed by atoms with Crippen LogP contribution < -0.4 is 10.2 Å². The number of aliphatic imine (C=N–C) groups is 1. The fraction of sp³-hybridized carbons (Fsp3) is 0.500. The van der Waals surface area contributed by atoms with Crippen LogP contribution in [-0.2, 0) is 0 Å². The molecule has 1 aliphatic heterocycles. The van der Waals surface area contributed by atoms with E-state index in [1.165, 1.54) is 6.07 Å². The van der Waals surface area contributed by atoms with Gasteiger partial charge >= 0.3 is 0 Å². The lowest BCUT2D eigenvalue weighted by Crippen LogP contribution is -2.52. The van der Waals surface area contributed by atoms with Crippen molar-refractivity contribution in [3.05, 3.63) is 30.1 Å². The van der Waals surface area contributed by atoms with Gasteiger partial charge in [-0.15, -0.1) is 24.0 Å². The van der Waals surface area contributed by atoms with E-state index >= 15 is 0 Å². The Bertz CT molecular complexity index is 445. The summed E-state index contributed by atoms with van der Waals surface area (Å²) in [5, 5.41) is 3.25. The van der Waals surface area contributed by atoms with Gasteiger partial charge in [-0.2, -0.15) is 0 Å². The maximum atomic E-state index is 13.7. The molecule has 0 saturated carbocycles. The second-order valence-corrected chi connectivity index (χ2v) is 4.50. The number of nitrogens with zero attached hydrogens (tertiary/aromatic N) is 3. The van der Waals surface area contributed by atoms with Gasteiger partial charge in [0, 0.05) is 39.8 Å². The Morgan fingerprint density at radius 1 is 1.25 bits per heavy atom. The highest BCUT2D eigenvalue weighted by molar-refractivity contribution is 14.0. The quantitative estimate of drug-likeness (QED) is 0.476. The van der Waals surface area contributed by atoms with Crippen LogP contribution in [-0.4, -0.2) is 50.6 Å². The molecule has 1 N–H and O–H groups in total. The summed E-state index contributed by atoms with van der Waals surface area (Å²) in [4.78, 5) is 8.55. The minimum atomic E-state index is -0.146. The molecule has 1 aliphatic rings. The highest BCUT2D eigenvalue weighted by atomic mass is 127. The summed E-state index contributed by atoms with van der Waals surface area (Å²) in [6.07, 6.45) is 0. The normalized spacial score (nSPS) is 15.8. The minimum absolute atomic E-state index is 0. The van der Waals surface area contributed by atoms with Crippen LogP contribution in [0.1, 0.15) is 6.92 Å². The summed E-state index contributed by atoms with van der Waals surface area (Å²) in [5.41, 5.74) is 0.695. The van der Waals surface area contributed by atoms with E-state index in [9.17, 15) is 4.39 Å². The number of anilines is 1. The van der Waals surface area contributed by atoms with Gasteiger partial charge in [-0.05, 0) is 19.1 Å². The zero-order valence-electron chi connectivity index (χ0n) is 12.0. The molecule has 4 nitrogen and oxygen atoms in total. The molecule has 0 bridgehead atoms. The number of hydrogen-bond donors (Lipinski definition) is 1. The van der Waals surface area contributed by atoms with Crippen molar-refractivity contribution >= 4 is 35.6 Å². The molecule has 1 heterocycles. The van der Waals surface area contributed by atoms with Gasteiger partial charge < -0.3 is 15.1 Å². The molecular formula is C14H22FIN4. The Kier molecular flexibility index (Phi) is 7.04. The number of para-hydroxylation sites is 1. The van der Waals surface area contributed by atoms with E-state index in [0.717, 1.165) is 38.7 Å². The minimum Gasteiger partial charge on any atom is -0.366 e. The lowest BCUT2D eigenvalue weighted by Gasteiger charge is -2.37. The fourth-order valence-corrected chi connectivity index (χ4v) is 2.36. The van der Waals surface area contributed by atoms with Crippen molar-refractivity contribution < 1.29 is 4.39 Å². The van der Waals surface area contributed by atoms with Crippen molar-refractivity contribution in [2.24, 2.45) is 4.99 Å². The first-order chi connectivity index (χ1) is 9.26. The predicted molar refractivity (Wildman–Crippen MR) is 92.6 cm³/mol. The number of hydrogen-bond acceptors (Lipinski definition) is 2. The smallest absolute Gasteiger partial charge is 0.193 e. The second-order valence-electron chi connectivity index (χ2n) is 4.50. The van der Waals surface area contributed by atoms with Crippen LogP contribution in [0.5, 0.6) is 0 Å². The van der Waals surface area contributed by atoms with E-state index in [1.807, 2.05) is 12.1 Å². The molecule has 0 aromatic heterocycles. The number of piperazine rings is 1. The van der Waals surface area contributed by atoms with Gasteiger partial charge in [-0.3, -0.25) is 4.99 Å². The van der Waals surface area contributed by atoms with Gasteiger partial charge in [0.25, 0.3) is 0 Å². The molecule has 1 aromatic carbocycles. The van der Waals surface area contributed by atoms with Crippen LogP contribution in [0.3, 0.4) is 0 Å². The summed E-state index contributed by atoms with van der Waals surface area (Å²) in [7, 11) is 1.79. The molecule has 2 rings (SSSR count). The largest absolute Gasteiger partial charge is 0.366 e. The van der Waals surface area contributed by atoms with Gasteiger partial charge in [-0.1, -0.05) is 12.1 Å². The molecule has 1 aromatic rings. The van der Waals surface area contributed by atoms with Crippen LogP contribution in [0.4, 0.5) is 10.1 Å². The van der Waals surface area contributed by atoms with Gasteiger partial charge in [0.05, 0.1) is 5.69 Å². The van der Waals surface area contributed by atoms with Gasteiger partial charge in [0.15, 0.2) is 5.96 Å². The zero-order chi connectivity index (χ0) is 13.7. The lowest BCUT2D eigenvalue weighted by molar-refractivity contribution is 0.372. The van der Waals surface area contributed by atoms with E-state index < -0.39 is 0 Å². The maximum Gasteiger partial charge on any atom is 0.193 e. The van der Waals surface area contributed by atoms with Crippen LogP contribution in [0.15, 0.2) is 29.3 Å². The van der Waals surface area contributed by atoms with Crippen molar-refractivity contribution in [1.29, 1.82) is 0 Å². The molecule has 1 fully saturated rings. The lowest BCUT2D eigenvalue weighted by atomic mass is 10.2. The first-order valence-electron chi connectivity index (χ1n) is 6.71. The monoisotopic (exact) mass is 392 g/mol. The third-order valence-corrected chi connectivity index (χ3v) is 3.32. The maximum absolute atomic E-state index is 13.7. The molecule has 0 spiro atoms. The second kappa shape index (κ2) is 8.28. The topological polar surface area (TPSA) is 30.9 Å². The molecule has 20 heavy (non-hydrogen) atoms. The molecule has 0 amide bonds. The number of rotatable bonds is 2. The van der Waals surface area contributed by atoms with Gasteiger partial charge in [0.1, 0.15) is 5.82 Å². The summed E-state index contributed by atoms with van der Waals surface area (Å²) < 4.78 is 13.7. The van der Waals surface area contributed by atoms with Crippen molar-refractivity contribution in [1.82, 2.24) is 10.2 Å². The van der Waals surface area contributed by atoms with E-state index in [2.05, 4.69) is 27.0 Å². The average Bonchev–Trinajstić information content (AvgIpc) is 2.46. The summed E-state index contributed by atoms with van der Waals surface area (Å²) in [5.74, 6) is 0.780. The van der Waals surface area contributed by atoms with E-state index in [-0.39, 0.29) is 29.8 Å². The summed E-state index contributed by atoms with van der Waals surface area (Å²) in [6, 6.07) is 6.95. The highest BCUT2D eigenvalue weighted by Gasteiger charge is 2.20. The first kappa shape index (κ1) is 17.0. The SMILES string of the molecule is CCNC(=NC)N1CCN(c2ccccc2F)CC1.I.